The Bertz CT molecular complexity index is 425. The van der Waals surface area contributed by atoms with Crippen LogP contribution in [0.3, 0.4) is 0 Å². The Balaban J connectivity index is 2.67. The van der Waals surface area contributed by atoms with E-state index in [-0.39, 0.29) is 0 Å². The van der Waals surface area contributed by atoms with Gasteiger partial charge in [-0.25, -0.2) is 0 Å². The molecule has 3 heteroatoms. The fourth-order valence-corrected chi connectivity index (χ4v) is 1.36. The van der Waals surface area contributed by atoms with Gasteiger partial charge in [0.15, 0.2) is 0 Å². The molecule has 0 aliphatic rings. The third-order valence-electron chi connectivity index (χ3n) is 1.85. The van der Waals surface area contributed by atoms with Gasteiger partial charge >= 0.3 is 0 Å². The van der Waals surface area contributed by atoms with Crippen molar-refractivity contribution in [2.75, 3.05) is 6.54 Å². The van der Waals surface area contributed by atoms with Crippen LogP contribution in [0.1, 0.15) is 23.1 Å². The minimum atomic E-state index is 0.439. The average molecular weight is 199 g/mol. The number of benzene rings is 1. The van der Waals surface area contributed by atoms with E-state index in [9.17, 15) is 0 Å². The first kappa shape index (κ1) is 11.2. The summed E-state index contributed by atoms with van der Waals surface area (Å²) in [5.41, 5.74) is 11.5. The molecule has 15 heavy (non-hydrogen) atoms. The smallest absolute Gasteiger partial charge is 0.0367 e. The van der Waals surface area contributed by atoms with Gasteiger partial charge in [0.1, 0.15) is 0 Å². The molecule has 0 unspecified atom stereocenters. The van der Waals surface area contributed by atoms with Crippen LogP contribution >= 0.6 is 0 Å². The molecular weight excluding hydrogens is 186 g/mol. The molecule has 1 rings (SSSR count). The Kier molecular flexibility index (Phi) is 4.28. The summed E-state index contributed by atoms with van der Waals surface area (Å²) in [5.74, 6) is 6.03. The van der Waals surface area contributed by atoms with Crippen molar-refractivity contribution >= 4 is 0 Å². The first-order valence-corrected chi connectivity index (χ1v) is 4.80. The van der Waals surface area contributed by atoms with Crippen LogP contribution in [-0.2, 0) is 0 Å². The molecule has 1 aromatic rings. The number of aryl methyl sites for hydroxylation is 2. The predicted molar refractivity (Wildman–Crippen MR) is 61.4 cm³/mol. The van der Waals surface area contributed by atoms with E-state index in [4.69, 9.17) is 5.53 Å². The molecule has 0 bridgehead atoms. The molecule has 76 valence electrons. The summed E-state index contributed by atoms with van der Waals surface area (Å²) in [6.45, 7) is 4.55. The van der Waals surface area contributed by atoms with Crippen LogP contribution in [-0.4, -0.2) is 6.54 Å². The Morgan fingerprint density at radius 2 is 1.93 bits per heavy atom. The monoisotopic (exact) mass is 199 g/mol. The van der Waals surface area contributed by atoms with E-state index in [1.807, 2.05) is 12.1 Å². The fraction of sp³-hybridized carbons (Fsp3) is 0.333. The summed E-state index contributed by atoms with van der Waals surface area (Å²) in [6, 6.07) is 6.21. The number of hydrogen-bond acceptors (Lipinski definition) is 1. The molecule has 0 N–H and O–H groups in total. The second-order valence-electron chi connectivity index (χ2n) is 3.38. The van der Waals surface area contributed by atoms with E-state index in [1.165, 1.54) is 11.1 Å². The highest BCUT2D eigenvalue weighted by atomic mass is 15.1. The maximum atomic E-state index is 8.07. The molecule has 0 aromatic heterocycles. The van der Waals surface area contributed by atoms with Crippen LogP contribution in [0.4, 0.5) is 0 Å². The van der Waals surface area contributed by atoms with Crippen molar-refractivity contribution in [1.29, 1.82) is 0 Å². The third-order valence-corrected chi connectivity index (χ3v) is 1.85. The minimum absolute atomic E-state index is 0.439. The summed E-state index contributed by atoms with van der Waals surface area (Å²) < 4.78 is 0. The van der Waals surface area contributed by atoms with E-state index in [0.29, 0.717) is 13.0 Å². The van der Waals surface area contributed by atoms with Crippen molar-refractivity contribution in [3.63, 3.8) is 0 Å². The fourth-order valence-electron chi connectivity index (χ4n) is 1.36. The highest BCUT2D eigenvalue weighted by molar-refractivity contribution is 5.39. The van der Waals surface area contributed by atoms with Crippen LogP contribution in [0.2, 0.25) is 0 Å². The zero-order chi connectivity index (χ0) is 11.1. The van der Waals surface area contributed by atoms with Crippen LogP contribution in [0.15, 0.2) is 23.3 Å². The quantitative estimate of drug-likeness (QED) is 0.230. The van der Waals surface area contributed by atoms with E-state index < -0.39 is 0 Å². The highest BCUT2D eigenvalue weighted by Crippen LogP contribution is 2.07. The molecule has 3 nitrogen and oxygen atoms in total. The lowest BCUT2D eigenvalue weighted by Gasteiger charge is -1.97. The largest absolute Gasteiger partial charge is 0.0978 e. The van der Waals surface area contributed by atoms with Gasteiger partial charge in [-0.1, -0.05) is 23.0 Å². The lowest BCUT2D eigenvalue weighted by Crippen LogP contribution is -1.81. The van der Waals surface area contributed by atoms with E-state index in [2.05, 4.69) is 41.8 Å². The SMILES string of the molecule is Cc1cc(C)cc(C#CCCN=[N+]=[N-])c1. The second kappa shape index (κ2) is 5.74. The average Bonchev–Trinajstić information content (AvgIpc) is 2.16. The molecule has 0 saturated carbocycles. The summed E-state index contributed by atoms with van der Waals surface area (Å²) in [6.07, 6.45) is 0.608. The number of hydrogen-bond donors (Lipinski definition) is 0. The number of azide groups is 1. The molecule has 0 spiro atoms. The molecule has 0 heterocycles. The Hall–Kier alpha value is -1.91. The number of rotatable bonds is 2. The van der Waals surface area contributed by atoms with E-state index in [1.54, 1.807) is 0 Å². The lowest BCUT2D eigenvalue weighted by atomic mass is 10.1. The molecule has 0 saturated heterocycles. The Morgan fingerprint density at radius 1 is 1.27 bits per heavy atom. The van der Waals surface area contributed by atoms with E-state index >= 15 is 0 Å². The standard InChI is InChI=1S/C12H13N3/c1-10-7-11(2)9-12(8-10)5-3-4-6-14-15-13/h7-9H,4,6H2,1-2H3. The second-order valence-corrected chi connectivity index (χ2v) is 3.38. The first-order chi connectivity index (χ1) is 7.22. The van der Waals surface area contributed by atoms with Gasteiger partial charge in [0, 0.05) is 23.4 Å². The van der Waals surface area contributed by atoms with Crippen LogP contribution in [0.25, 0.3) is 10.4 Å². The summed E-state index contributed by atoms with van der Waals surface area (Å²) in [5, 5.41) is 3.42. The summed E-state index contributed by atoms with van der Waals surface area (Å²) in [7, 11) is 0. The van der Waals surface area contributed by atoms with Crippen LogP contribution in [0.5, 0.6) is 0 Å². The lowest BCUT2D eigenvalue weighted by molar-refractivity contribution is 1.01. The number of nitrogens with zero attached hydrogens (tertiary/aromatic N) is 3. The maximum absolute atomic E-state index is 8.07. The van der Waals surface area contributed by atoms with Gasteiger partial charge in [-0.3, -0.25) is 0 Å². The molecule has 0 atom stereocenters. The van der Waals surface area contributed by atoms with Gasteiger partial charge in [0.05, 0.1) is 0 Å². The molecule has 0 fully saturated rings. The Labute approximate surface area is 89.8 Å². The molecule has 0 amide bonds. The summed E-state index contributed by atoms with van der Waals surface area (Å²) in [4.78, 5) is 2.67. The Morgan fingerprint density at radius 3 is 2.53 bits per heavy atom. The third kappa shape index (κ3) is 4.21. The topological polar surface area (TPSA) is 48.8 Å². The van der Waals surface area contributed by atoms with Gasteiger partial charge in [0.2, 0.25) is 0 Å². The van der Waals surface area contributed by atoms with Gasteiger partial charge in [-0.2, -0.15) is 0 Å². The van der Waals surface area contributed by atoms with Crippen LogP contribution < -0.4 is 0 Å². The minimum Gasteiger partial charge on any atom is -0.0978 e. The van der Waals surface area contributed by atoms with Crippen molar-refractivity contribution in [3.8, 4) is 11.8 Å². The van der Waals surface area contributed by atoms with E-state index in [0.717, 1.165) is 5.56 Å². The molecule has 0 aliphatic carbocycles. The zero-order valence-electron chi connectivity index (χ0n) is 8.99. The molecule has 1 aromatic carbocycles. The van der Waals surface area contributed by atoms with Gasteiger partial charge in [-0.15, -0.1) is 0 Å². The molecule has 0 aliphatic heterocycles. The predicted octanol–water partition coefficient (Wildman–Crippen LogP) is 3.36. The van der Waals surface area contributed by atoms with Crippen molar-refractivity contribution in [3.05, 3.63) is 45.3 Å². The maximum Gasteiger partial charge on any atom is 0.0367 e. The highest BCUT2D eigenvalue weighted by Gasteiger charge is 1.91. The van der Waals surface area contributed by atoms with Crippen molar-refractivity contribution in [2.45, 2.75) is 20.3 Å². The van der Waals surface area contributed by atoms with Gasteiger partial charge in [0.25, 0.3) is 0 Å². The van der Waals surface area contributed by atoms with Gasteiger partial charge in [-0.05, 0) is 42.6 Å². The van der Waals surface area contributed by atoms with Gasteiger partial charge < -0.3 is 0 Å². The van der Waals surface area contributed by atoms with Crippen LogP contribution in [0, 0.1) is 25.7 Å². The first-order valence-electron chi connectivity index (χ1n) is 4.80. The van der Waals surface area contributed by atoms with Crippen molar-refractivity contribution in [1.82, 2.24) is 0 Å². The van der Waals surface area contributed by atoms with Crippen molar-refractivity contribution in [2.24, 2.45) is 5.11 Å². The normalized spacial score (nSPS) is 8.67. The molecular formula is C12H13N3. The molecule has 0 radical (unpaired) electrons. The summed E-state index contributed by atoms with van der Waals surface area (Å²) >= 11 is 0. The zero-order valence-corrected chi connectivity index (χ0v) is 8.99. The van der Waals surface area contributed by atoms with Crippen molar-refractivity contribution < 1.29 is 0 Å².